The van der Waals surface area contributed by atoms with E-state index in [1.165, 1.54) is 38.6 Å². The molecule has 0 amide bonds. The maximum absolute atomic E-state index is 6.08. The van der Waals surface area contributed by atoms with E-state index in [2.05, 4.69) is 108 Å². The molecule has 35 heavy (non-hydrogen) atoms. The minimum atomic E-state index is 0.517. The van der Waals surface area contributed by atoms with Crippen molar-refractivity contribution < 1.29 is 4.74 Å². The molecule has 6 aromatic rings. The van der Waals surface area contributed by atoms with Gasteiger partial charge in [0.1, 0.15) is 12.4 Å². The van der Waals surface area contributed by atoms with E-state index in [0.29, 0.717) is 6.61 Å². The van der Waals surface area contributed by atoms with Crippen molar-refractivity contribution in [3.63, 3.8) is 0 Å². The van der Waals surface area contributed by atoms with Gasteiger partial charge in [0, 0.05) is 16.3 Å². The third-order valence-electron chi connectivity index (χ3n) is 6.49. The van der Waals surface area contributed by atoms with Gasteiger partial charge in [0.15, 0.2) is 0 Å². The van der Waals surface area contributed by atoms with Crippen LogP contribution in [0.5, 0.6) is 5.75 Å². The minimum Gasteiger partial charge on any atom is -0.489 e. The summed E-state index contributed by atoms with van der Waals surface area (Å²) in [5, 5.41) is 2.47. The van der Waals surface area contributed by atoms with Crippen molar-refractivity contribution in [2.45, 2.75) is 6.61 Å². The van der Waals surface area contributed by atoms with E-state index >= 15 is 0 Å². The van der Waals surface area contributed by atoms with Crippen molar-refractivity contribution in [3.05, 3.63) is 139 Å². The summed E-state index contributed by atoms with van der Waals surface area (Å²) in [5.41, 5.74) is 8.22. The predicted molar refractivity (Wildman–Crippen MR) is 147 cm³/mol. The Hall–Kier alpha value is -4.56. The molecule has 5 aromatic carbocycles. The number of nitrogens with zero attached hydrogens (tertiary/aromatic N) is 1. The van der Waals surface area contributed by atoms with Crippen LogP contribution >= 0.6 is 0 Å². The van der Waals surface area contributed by atoms with Gasteiger partial charge in [-0.2, -0.15) is 0 Å². The van der Waals surface area contributed by atoms with Crippen molar-refractivity contribution in [2.75, 3.05) is 0 Å². The van der Waals surface area contributed by atoms with E-state index < -0.39 is 0 Å². The summed E-state index contributed by atoms with van der Waals surface area (Å²) in [6.07, 6.45) is 1.84. The highest BCUT2D eigenvalue weighted by Crippen LogP contribution is 2.36. The van der Waals surface area contributed by atoms with Crippen molar-refractivity contribution in [3.8, 4) is 22.6 Å². The van der Waals surface area contributed by atoms with Crippen molar-refractivity contribution >= 4 is 27.9 Å². The molecule has 0 saturated carbocycles. The largest absolute Gasteiger partial charge is 0.489 e. The van der Waals surface area contributed by atoms with E-state index in [-0.39, 0.29) is 0 Å². The lowest BCUT2D eigenvalue weighted by atomic mass is 10.0. The van der Waals surface area contributed by atoms with Crippen LogP contribution in [-0.4, -0.2) is 4.57 Å². The quantitative estimate of drug-likeness (QED) is 0.247. The minimum absolute atomic E-state index is 0.517. The summed E-state index contributed by atoms with van der Waals surface area (Å²) in [6, 6.07) is 42.5. The Morgan fingerprint density at radius 3 is 2.20 bits per heavy atom. The monoisotopic (exact) mass is 451 g/mol. The third-order valence-corrected chi connectivity index (χ3v) is 6.49. The van der Waals surface area contributed by atoms with Gasteiger partial charge in [-0.3, -0.25) is 0 Å². The number of hydrogen-bond acceptors (Lipinski definition) is 1. The van der Waals surface area contributed by atoms with Crippen molar-refractivity contribution in [1.82, 2.24) is 4.57 Å². The molecule has 0 spiro atoms. The lowest BCUT2D eigenvalue weighted by Gasteiger charge is -2.14. The molecule has 0 aliphatic carbocycles. The van der Waals surface area contributed by atoms with E-state index in [0.717, 1.165) is 16.9 Å². The zero-order chi connectivity index (χ0) is 23.6. The van der Waals surface area contributed by atoms with Gasteiger partial charge in [0.05, 0.1) is 16.7 Å². The molecular weight excluding hydrogens is 426 g/mol. The zero-order valence-corrected chi connectivity index (χ0v) is 19.4. The number of ether oxygens (including phenoxy) is 1. The second-order valence-corrected chi connectivity index (χ2v) is 8.65. The Bertz CT molecular complexity index is 1640. The molecule has 0 aliphatic rings. The van der Waals surface area contributed by atoms with Gasteiger partial charge < -0.3 is 9.30 Å². The first-order chi connectivity index (χ1) is 17.3. The van der Waals surface area contributed by atoms with Gasteiger partial charge in [-0.15, -0.1) is 0 Å². The fourth-order valence-corrected chi connectivity index (χ4v) is 4.77. The maximum Gasteiger partial charge on any atom is 0.119 e. The summed E-state index contributed by atoms with van der Waals surface area (Å²) >= 11 is 0. The smallest absolute Gasteiger partial charge is 0.119 e. The van der Waals surface area contributed by atoms with Gasteiger partial charge in [0.2, 0.25) is 0 Å². The molecule has 0 radical (unpaired) electrons. The third kappa shape index (κ3) is 3.89. The Morgan fingerprint density at radius 2 is 1.37 bits per heavy atom. The molecule has 1 aromatic heterocycles. The highest BCUT2D eigenvalue weighted by Gasteiger charge is 2.15. The van der Waals surface area contributed by atoms with Crippen LogP contribution in [0.25, 0.3) is 44.7 Å². The van der Waals surface area contributed by atoms with Crippen LogP contribution in [0, 0.1) is 0 Å². The Morgan fingerprint density at radius 1 is 0.657 bits per heavy atom. The van der Waals surface area contributed by atoms with Crippen molar-refractivity contribution in [2.24, 2.45) is 0 Å². The summed E-state index contributed by atoms with van der Waals surface area (Å²) in [7, 11) is 0. The normalized spacial score (nSPS) is 11.1. The number of fused-ring (bicyclic) bond motifs is 3. The second-order valence-electron chi connectivity index (χ2n) is 8.65. The van der Waals surface area contributed by atoms with Crippen LogP contribution in [0.1, 0.15) is 11.1 Å². The molecule has 0 saturated heterocycles. The number of hydrogen-bond donors (Lipinski definition) is 0. The lowest BCUT2D eigenvalue weighted by molar-refractivity contribution is 0.306. The van der Waals surface area contributed by atoms with Crippen LogP contribution in [-0.2, 0) is 6.61 Å². The Balaban J connectivity index is 1.45. The SMILES string of the molecule is C=Cc1ccc(OCc2ccc3c(c2)c2ccccc2n3-c2ccccc2-c2ccccc2)cc1. The first-order valence-corrected chi connectivity index (χ1v) is 11.8. The Labute approximate surface area is 205 Å². The molecule has 0 atom stereocenters. The average molecular weight is 452 g/mol. The van der Waals surface area contributed by atoms with E-state index in [1.807, 2.05) is 30.3 Å². The fraction of sp³-hybridized carbons (Fsp3) is 0.0303. The van der Waals surface area contributed by atoms with Crippen molar-refractivity contribution in [1.29, 1.82) is 0 Å². The van der Waals surface area contributed by atoms with Gasteiger partial charge in [-0.1, -0.05) is 97.6 Å². The van der Waals surface area contributed by atoms with Crippen LogP contribution in [0.15, 0.2) is 128 Å². The van der Waals surface area contributed by atoms with E-state index in [9.17, 15) is 0 Å². The molecule has 168 valence electrons. The van der Waals surface area contributed by atoms with E-state index in [4.69, 9.17) is 4.74 Å². The fourth-order valence-electron chi connectivity index (χ4n) is 4.77. The molecule has 0 aliphatic heterocycles. The highest BCUT2D eigenvalue weighted by molar-refractivity contribution is 6.10. The molecule has 2 heteroatoms. The standard InChI is InChI=1S/C33H25NO/c1-2-24-16-19-27(20-17-24)35-23-25-18-21-33-30(22-25)29-13-7-9-15-32(29)34(33)31-14-8-6-12-28(31)26-10-4-3-5-11-26/h2-22H,1,23H2. The zero-order valence-electron chi connectivity index (χ0n) is 19.4. The molecule has 2 nitrogen and oxygen atoms in total. The van der Waals surface area contributed by atoms with Gasteiger partial charge in [0.25, 0.3) is 0 Å². The molecule has 0 unspecified atom stereocenters. The molecule has 0 N–H and O–H groups in total. The number of aromatic nitrogens is 1. The van der Waals surface area contributed by atoms with Gasteiger partial charge in [-0.25, -0.2) is 0 Å². The molecule has 1 heterocycles. The summed E-state index contributed by atoms with van der Waals surface area (Å²) in [5.74, 6) is 0.856. The predicted octanol–water partition coefficient (Wildman–Crippen LogP) is 8.67. The van der Waals surface area contributed by atoms with Crippen LogP contribution < -0.4 is 4.74 Å². The maximum atomic E-state index is 6.08. The molecular formula is C33H25NO. The summed E-state index contributed by atoms with van der Waals surface area (Å²) in [4.78, 5) is 0. The second kappa shape index (κ2) is 9.00. The summed E-state index contributed by atoms with van der Waals surface area (Å²) < 4.78 is 8.46. The van der Waals surface area contributed by atoms with Gasteiger partial charge >= 0.3 is 0 Å². The van der Waals surface area contributed by atoms with E-state index in [1.54, 1.807) is 0 Å². The number of rotatable bonds is 6. The number of benzene rings is 5. The average Bonchev–Trinajstić information content (AvgIpc) is 3.26. The van der Waals surface area contributed by atoms with Crippen LogP contribution in [0.3, 0.4) is 0 Å². The lowest BCUT2D eigenvalue weighted by Crippen LogP contribution is -1.98. The topological polar surface area (TPSA) is 14.2 Å². The first-order valence-electron chi connectivity index (χ1n) is 11.8. The highest BCUT2D eigenvalue weighted by atomic mass is 16.5. The molecule has 6 rings (SSSR count). The summed E-state index contributed by atoms with van der Waals surface area (Å²) in [6.45, 7) is 4.33. The Kier molecular flexibility index (Phi) is 5.40. The molecule has 0 fully saturated rings. The van der Waals surface area contributed by atoms with Crippen LogP contribution in [0.2, 0.25) is 0 Å². The number of para-hydroxylation sites is 2. The van der Waals surface area contributed by atoms with Gasteiger partial charge in [-0.05, 0) is 53.1 Å². The first kappa shape index (κ1) is 21.0. The molecule has 0 bridgehead atoms. The van der Waals surface area contributed by atoms with Crippen LogP contribution in [0.4, 0.5) is 0 Å².